The molecule has 0 aliphatic carbocycles. The molecule has 0 bridgehead atoms. The van der Waals surface area contributed by atoms with E-state index in [1.165, 1.54) is 11.1 Å². The van der Waals surface area contributed by atoms with Gasteiger partial charge in [-0.15, -0.1) is 0 Å². The van der Waals surface area contributed by atoms with E-state index in [1.54, 1.807) is 14.0 Å². The monoisotopic (exact) mass is 380 g/mol. The van der Waals surface area contributed by atoms with Crippen molar-refractivity contribution in [3.05, 3.63) is 52.6 Å². The average Bonchev–Trinajstić information content (AvgIpc) is 3.16. The van der Waals surface area contributed by atoms with Gasteiger partial charge in [-0.25, -0.2) is 9.97 Å². The Bertz CT molecular complexity index is 883. The highest BCUT2D eigenvalue weighted by atomic mass is 16.5. The summed E-state index contributed by atoms with van der Waals surface area (Å²) in [6, 6.07) is 6.33. The average molecular weight is 380 g/mol. The highest BCUT2D eigenvalue weighted by Gasteiger charge is 2.28. The molecule has 2 aliphatic rings. The number of nitrogens with zero attached hydrogens (tertiary/aromatic N) is 4. The first-order valence-corrected chi connectivity index (χ1v) is 10.00. The van der Waals surface area contributed by atoms with Crippen LogP contribution in [0.1, 0.15) is 47.5 Å². The molecule has 1 saturated heterocycles. The summed E-state index contributed by atoms with van der Waals surface area (Å²) >= 11 is 0. The predicted molar refractivity (Wildman–Crippen MR) is 107 cm³/mol. The number of benzene rings is 1. The van der Waals surface area contributed by atoms with E-state index in [-0.39, 0.29) is 5.91 Å². The summed E-state index contributed by atoms with van der Waals surface area (Å²) in [5, 5.41) is 0. The lowest BCUT2D eigenvalue weighted by Crippen LogP contribution is -2.35. The predicted octanol–water partition coefficient (Wildman–Crippen LogP) is 2.69. The van der Waals surface area contributed by atoms with Crippen LogP contribution in [0.4, 0.5) is 0 Å². The van der Waals surface area contributed by atoms with Gasteiger partial charge in [-0.05, 0) is 25.5 Å². The first-order valence-electron chi connectivity index (χ1n) is 10.00. The molecule has 1 aromatic heterocycles. The van der Waals surface area contributed by atoms with Crippen LogP contribution in [0, 0.1) is 6.92 Å². The number of para-hydroxylation sites is 1. The lowest BCUT2D eigenvalue weighted by Gasteiger charge is -2.27. The molecular formula is C22H28N4O2. The molecule has 0 N–H and O–H groups in total. The molecule has 1 amide bonds. The van der Waals surface area contributed by atoms with Crippen molar-refractivity contribution in [2.75, 3.05) is 26.7 Å². The van der Waals surface area contributed by atoms with E-state index in [2.05, 4.69) is 35.0 Å². The molecule has 28 heavy (non-hydrogen) atoms. The molecule has 1 atom stereocenters. The minimum atomic E-state index is 0.118. The zero-order chi connectivity index (χ0) is 19.7. The summed E-state index contributed by atoms with van der Waals surface area (Å²) in [6.45, 7) is 7.99. The van der Waals surface area contributed by atoms with Gasteiger partial charge in [0.05, 0.1) is 12.8 Å². The van der Waals surface area contributed by atoms with Crippen LogP contribution in [0.25, 0.3) is 0 Å². The third-order valence-electron chi connectivity index (χ3n) is 5.93. The molecule has 1 aromatic carbocycles. The lowest BCUT2D eigenvalue weighted by molar-refractivity contribution is -0.129. The number of methoxy groups -OCH3 is 1. The number of carbonyl (C=O) groups excluding carboxylic acids is 1. The van der Waals surface area contributed by atoms with Gasteiger partial charge in [-0.2, -0.15) is 0 Å². The maximum absolute atomic E-state index is 11.6. The van der Waals surface area contributed by atoms with E-state index in [1.807, 2.05) is 11.1 Å². The van der Waals surface area contributed by atoms with Gasteiger partial charge in [0.15, 0.2) is 0 Å². The Balaban J connectivity index is 1.44. The fourth-order valence-corrected chi connectivity index (χ4v) is 4.35. The van der Waals surface area contributed by atoms with Gasteiger partial charge in [-0.1, -0.05) is 18.2 Å². The quantitative estimate of drug-likeness (QED) is 0.816. The number of rotatable bonds is 4. The van der Waals surface area contributed by atoms with Gasteiger partial charge in [0.1, 0.15) is 11.6 Å². The van der Waals surface area contributed by atoms with Crippen LogP contribution in [-0.2, 0) is 24.3 Å². The van der Waals surface area contributed by atoms with Crippen LogP contribution in [-0.4, -0.2) is 52.4 Å². The number of fused-ring (bicyclic) bond motifs is 1. The molecule has 148 valence electrons. The molecule has 2 aliphatic heterocycles. The van der Waals surface area contributed by atoms with Gasteiger partial charge in [0, 0.05) is 62.8 Å². The molecule has 0 spiro atoms. The number of likely N-dealkylation sites (tertiary alicyclic amines) is 1. The second-order valence-electron chi connectivity index (χ2n) is 7.88. The molecule has 2 aromatic rings. The third kappa shape index (κ3) is 3.74. The van der Waals surface area contributed by atoms with Gasteiger partial charge in [0.2, 0.25) is 5.91 Å². The highest BCUT2D eigenvalue weighted by molar-refractivity contribution is 5.73. The van der Waals surface area contributed by atoms with Crippen LogP contribution in [0.5, 0.6) is 5.75 Å². The maximum atomic E-state index is 11.6. The van der Waals surface area contributed by atoms with Crippen molar-refractivity contribution in [2.24, 2.45) is 0 Å². The molecule has 0 radical (unpaired) electrons. The molecule has 1 fully saturated rings. The molecule has 6 heteroatoms. The minimum absolute atomic E-state index is 0.118. The summed E-state index contributed by atoms with van der Waals surface area (Å²) in [5.41, 5.74) is 4.61. The number of ether oxygens (including phenoxy) is 1. The molecule has 0 unspecified atom stereocenters. The highest BCUT2D eigenvalue weighted by Crippen LogP contribution is 2.30. The Labute approximate surface area is 166 Å². The van der Waals surface area contributed by atoms with E-state index in [0.29, 0.717) is 12.5 Å². The first-order chi connectivity index (χ1) is 13.5. The van der Waals surface area contributed by atoms with Crippen molar-refractivity contribution in [1.82, 2.24) is 19.8 Å². The van der Waals surface area contributed by atoms with E-state index < -0.39 is 0 Å². The molecule has 0 saturated carbocycles. The van der Waals surface area contributed by atoms with Crippen LogP contribution < -0.4 is 4.74 Å². The Morgan fingerprint density at radius 1 is 1.32 bits per heavy atom. The Hall–Kier alpha value is -2.47. The SMILES string of the molecule is COc1c(C)cccc1CN1CC[C@H](c2ncc3c(n2)CCN(C(C)=O)C3)C1. The number of hydrogen-bond donors (Lipinski definition) is 0. The smallest absolute Gasteiger partial charge is 0.219 e. The first kappa shape index (κ1) is 18.9. The van der Waals surface area contributed by atoms with Crippen molar-refractivity contribution in [3.8, 4) is 5.75 Å². The number of amides is 1. The maximum Gasteiger partial charge on any atom is 0.219 e. The van der Waals surface area contributed by atoms with E-state index in [0.717, 1.165) is 61.9 Å². The van der Waals surface area contributed by atoms with Crippen LogP contribution in [0.2, 0.25) is 0 Å². The van der Waals surface area contributed by atoms with Gasteiger partial charge < -0.3 is 9.64 Å². The standard InChI is InChI=1S/C22H28N4O2/c1-15-5-4-6-17(21(15)28-3)12-25-9-7-18(13-25)22-23-11-19-14-26(16(2)27)10-8-20(19)24-22/h4-6,11,18H,7-10,12-14H2,1-3H3/t18-/m0/s1. The molecule has 3 heterocycles. The zero-order valence-corrected chi connectivity index (χ0v) is 16.9. The largest absolute Gasteiger partial charge is 0.496 e. The fraction of sp³-hybridized carbons (Fsp3) is 0.500. The molecule has 4 rings (SSSR count). The molecular weight excluding hydrogens is 352 g/mol. The number of carbonyl (C=O) groups is 1. The second kappa shape index (κ2) is 7.87. The van der Waals surface area contributed by atoms with E-state index in [9.17, 15) is 4.79 Å². The molecule has 6 nitrogen and oxygen atoms in total. The van der Waals surface area contributed by atoms with Crippen LogP contribution in [0.3, 0.4) is 0 Å². The minimum Gasteiger partial charge on any atom is -0.496 e. The van der Waals surface area contributed by atoms with E-state index >= 15 is 0 Å². The van der Waals surface area contributed by atoms with E-state index in [4.69, 9.17) is 9.72 Å². The summed E-state index contributed by atoms with van der Waals surface area (Å²) in [6.07, 6.45) is 3.83. The Morgan fingerprint density at radius 2 is 2.18 bits per heavy atom. The van der Waals surface area contributed by atoms with Gasteiger partial charge in [0.25, 0.3) is 0 Å². The number of hydrogen-bond acceptors (Lipinski definition) is 5. The van der Waals surface area contributed by atoms with Crippen LogP contribution >= 0.6 is 0 Å². The zero-order valence-electron chi connectivity index (χ0n) is 16.9. The summed E-state index contributed by atoms with van der Waals surface area (Å²) < 4.78 is 5.61. The lowest BCUT2D eigenvalue weighted by atomic mass is 10.0. The fourth-order valence-electron chi connectivity index (χ4n) is 4.35. The Kier molecular flexibility index (Phi) is 5.31. The summed E-state index contributed by atoms with van der Waals surface area (Å²) in [5.74, 6) is 2.43. The van der Waals surface area contributed by atoms with Gasteiger partial charge in [-0.3, -0.25) is 9.69 Å². The summed E-state index contributed by atoms with van der Waals surface area (Å²) in [7, 11) is 1.74. The van der Waals surface area contributed by atoms with Gasteiger partial charge >= 0.3 is 0 Å². The third-order valence-corrected chi connectivity index (χ3v) is 5.93. The number of aryl methyl sites for hydroxylation is 1. The topological polar surface area (TPSA) is 58.6 Å². The van der Waals surface area contributed by atoms with Crippen molar-refractivity contribution < 1.29 is 9.53 Å². The number of aromatic nitrogens is 2. The van der Waals surface area contributed by atoms with Crippen molar-refractivity contribution >= 4 is 5.91 Å². The van der Waals surface area contributed by atoms with Crippen molar-refractivity contribution in [2.45, 2.75) is 45.7 Å². The van der Waals surface area contributed by atoms with Crippen molar-refractivity contribution in [3.63, 3.8) is 0 Å². The second-order valence-corrected chi connectivity index (χ2v) is 7.88. The normalized spacial score (nSPS) is 19.5. The Morgan fingerprint density at radius 3 is 2.96 bits per heavy atom. The summed E-state index contributed by atoms with van der Waals surface area (Å²) in [4.78, 5) is 25.5. The van der Waals surface area contributed by atoms with Crippen molar-refractivity contribution in [1.29, 1.82) is 0 Å². The van der Waals surface area contributed by atoms with Crippen LogP contribution in [0.15, 0.2) is 24.4 Å².